The fourth-order valence-corrected chi connectivity index (χ4v) is 2.02. The van der Waals surface area contributed by atoms with E-state index in [4.69, 9.17) is 22.6 Å². The lowest BCUT2D eigenvalue weighted by Crippen LogP contribution is -2.07. The van der Waals surface area contributed by atoms with E-state index in [-0.39, 0.29) is 11.3 Å². The quantitative estimate of drug-likeness (QED) is 0.670. The van der Waals surface area contributed by atoms with Crippen LogP contribution in [0, 0.1) is 11.3 Å². The number of carbonyl (C=O) groups is 1. The lowest BCUT2D eigenvalue weighted by molar-refractivity contribution is 0.0602. The van der Waals surface area contributed by atoms with E-state index in [0.717, 1.165) is 0 Å². The summed E-state index contributed by atoms with van der Waals surface area (Å²) in [5.74, 6) is -0.512. The van der Waals surface area contributed by atoms with Crippen LogP contribution in [0.25, 0.3) is 0 Å². The standard InChI is InChI=1S/C15H12ClN3O2/c1-21-15(20)10-3-2-4-13(14(10)18)19-12-6-5-9(8-17)7-11(12)16/h2-7,19H,18H2,1H3. The molecule has 0 saturated heterocycles. The van der Waals surface area contributed by atoms with Crippen LogP contribution in [0.2, 0.25) is 5.02 Å². The number of hydrogen-bond donors (Lipinski definition) is 2. The molecular weight excluding hydrogens is 290 g/mol. The molecule has 0 aliphatic rings. The zero-order chi connectivity index (χ0) is 15.4. The number of nitriles is 1. The minimum atomic E-state index is -0.512. The molecule has 0 fully saturated rings. The summed E-state index contributed by atoms with van der Waals surface area (Å²) in [6.45, 7) is 0. The highest BCUT2D eigenvalue weighted by molar-refractivity contribution is 6.33. The first kappa shape index (κ1) is 14.7. The van der Waals surface area contributed by atoms with Gasteiger partial charge in [-0.15, -0.1) is 0 Å². The van der Waals surface area contributed by atoms with Crippen molar-refractivity contribution in [3.05, 3.63) is 52.5 Å². The monoisotopic (exact) mass is 301 g/mol. The summed E-state index contributed by atoms with van der Waals surface area (Å²) in [6.07, 6.45) is 0. The maximum Gasteiger partial charge on any atom is 0.340 e. The van der Waals surface area contributed by atoms with Gasteiger partial charge in [0.05, 0.1) is 46.4 Å². The number of benzene rings is 2. The second-order valence-corrected chi connectivity index (χ2v) is 4.60. The molecule has 2 aromatic carbocycles. The molecule has 3 N–H and O–H groups in total. The Labute approximate surface area is 126 Å². The van der Waals surface area contributed by atoms with Crippen molar-refractivity contribution in [2.45, 2.75) is 0 Å². The molecule has 0 saturated carbocycles. The van der Waals surface area contributed by atoms with Crippen LogP contribution in [-0.4, -0.2) is 13.1 Å². The molecule has 106 valence electrons. The highest BCUT2D eigenvalue weighted by atomic mass is 35.5. The Morgan fingerprint density at radius 3 is 2.71 bits per heavy atom. The van der Waals surface area contributed by atoms with E-state index in [0.29, 0.717) is 22.0 Å². The first-order valence-corrected chi connectivity index (χ1v) is 6.38. The van der Waals surface area contributed by atoms with Crippen LogP contribution in [-0.2, 0) is 4.74 Å². The topological polar surface area (TPSA) is 88.1 Å². The first-order valence-electron chi connectivity index (χ1n) is 6.00. The molecule has 0 aliphatic heterocycles. The van der Waals surface area contributed by atoms with Crippen LogP contribution < -0.4 is 11.1 Å². The number of nitrogens with two attached hydrogens (primary N) is 1. The number of esters is 1. The molecule has 0 spiro atoms. The fourth-order valence-electron chi connectivity index (χ4n) is 1.79. The summed E-state index contributed by atoms with van der Waals surface area (Å²) < 4.78 is 4.67. The second-order valence-electron chi connectivity index (χ2n) is 4.19. The third-order valence-corrected chi connectivity index (χ3v) is 3.19. The number of hydrogen-bond acceptors (Lipinski definition) is 5. The Morgan fingerprint density at radius 2 is 2.10 bits per heavy atom. The van der Waals surface area contributed by atoms with Crippen LogP contribution in [0.3, 0.4) is 0 Å². The molecular formula is C15H12ClN3O2. The molecule has 0 aliphatic carbocycles. The predicted molar refractivity (Wildman–Crippen MR) is 81.6 cm³/mol. The Morgan fingerprint density at radius 1 is 1.33 bits per heavy atom. The van der Waals surface area contributed by atoms with Crippen molar-refractivity contribution in [2.75, 3.05) is 18.2 Å². The van der Waals surface area contributed by atoms with E-state index in [1.54, 1.807) is 36.4 Å². The maximum absolute atomic E-state index is 11.6. The lowest BCUT2D eigenvalue weighted by Gasteiger charge is -2.13. The number of carbonyl (C=O) groups excluding carboxylic acids is 1. The summed E-state index contributed by atoms with van der Waals surface area (Å²) >= 11 is 6.09. The van der Waals surface area contributed by atoms with Crippen molar-refractivity contribution in [2.24, 2.45) is 0 Å². The van der Waals surface area contributed by atoms with Gasteiger partial charge >= 0.3 is 5.97 Å². The van der Waals surface area contributed by atoms with Crippen molar-refractivity contribution >= 4 is 34.6 Å². The lowest BCUT2D eigenvalue weighted by atomic mass is 10.1. The van der Waals surface area contributed by atoms with Crippen molar-refractivity contribution in [3.8, 4) is 6.07 Å². The molecule has 0 unspecified atom stereocenters. The Bertz CT molecular complexity index is 738. The summed E-state index contributed by atoms with van der Waals surface area (Å²) in [6, 6.07) is 11.8. The zero-order valence-corrected chi connectivity index (χ0v) is 11.9. The highest BCUT2D eigenvalue weighted by Gasteiger charge is 2.13. The molecule has 0 heterocycles. The summed E-state index contributed by atoms with van der Waals surface area (Å²) in [5.41, 5.74) is 8.07. The van der Waals surface area contributed by atoms with Gasteiger partial charge in [-0.05, 0) is 30.3 Å². The minimum Gasteiger partial charge on any atom is -0.465 e. The van der Waals surface area contributed by atoms with Crippen molar-refractivity contribution in [1.29, 1.82) is 5.26 Å². The number of para-hydroxylation sites is 1. The van der Waals surface area contributed by atoms with Crippen LogP contribution in [0.1, 0.15) is 15.9 Å². The smallest absolute Gasteiger partial charge is 0.340 e. The molecule has 0 bridgehead atoms. The van der Waals surface area contributed by atoms with E-state index in [9.17, 15) is 4.79 Å². The van der Waals surface area contributed by atoms with Crippen LogP contribution in [0.5, 0.6) is 0 Å². The van der Waals surface area contributed by atoms with Gasteiger partial charge in [0.15, 0.2) is 0 Å². The van der Waals surface area contributed by atoms with E-state index >= 15 is 0 Å². The van der Waals surface area contributed by atoms with Gasteiger partial charge < -0.3 is 15.8 Å². The summed E-state index contributed by atoms with van der Waals surface area (Å²) in [5, 5.41) is 12.2. The largest absolute Gasteiger partial charge is 0.465 e. The Balaban J connectivity index is 2.37. The third kappa shape index (κ3) is 3.07. The highest BCUT2D eigenvalue weighted by Crippen LogP contribution is 2.30. The van der Waals surface area contributed by atoms with Crippen LogP contribution in [0.4, 0.5) is 17.1 Å². The molecule has 5 nitrogen and oxygen atoms in total. The van der Waals surface area contributed by atoms with Gasteiger partial charge in [0, 0.05) is 0 Å². The molecule has 6 heteroatoms. The van der Waals surface area contributed by atoms with Gasteiger partial charge in [-0.1, -0.05) is 17.7 Å². The maximum atomic E-state index is 11.6. The number of ether oxygens (including phenoxy) is 1. The van der Waals surface area contributed by atoms with Crippen LogP contribution in [0.15, 0.2) is 36.4 Å². The van der Waals surface area contributed by atoms with Gasteiger partial charge in [0.25, 0.3) is 0 Å². The van der Waals surface area contributed by atoms with E-state index in [1.807, 2.05) is 6.07 Å². The average molecular weight is 302 g/mol. The Hall–Kier alpha value is -2.71. The van der Waals surface area contributed by atoms with Crippen LogP contribution >= 0.6 is 11.6 Å². The number of rotatable bonds is 3. The number of nitrogens with one attached hydrogen (secondary N) is 1. The van der Waals surface area contributed by atoms with Gasteiger partial charge in [0.1, 0.15) is 0 Å². The molecule has 2 aromatic rings. The van der Waals surface area contributed by atoms with Crippen molar-refractivity contribution in [1.82, 2.24) is 0 Å². The number of halogens is 1. The fraction of sp³-hybridized carbons (Fsp3) is 0.0667. The first-order chi connectivity index (χ1) is 10.1. The van der Waals surface area contributed by atoms with Crippen molar-refractivity contribution in [3.63, 3.8) is 0 Å². The summed E-state index contributed by atoms with van der Waals surface area (Å²) in [7, 11) is 1.29. The zero-order valence-electron chi connectivity index (χ0n) is 11.2. The van der Waals surface area contributed by atoms with Crippen molar-refractivity contribution < 1.29 is 9.53 Å². The van der Waals surface area contributed by atoms with E-state index in [1.165, 1.54) is 7.11 Å². The number of nitrogens with zero attached hydrogens (tertiary/aromatic N) is 1. The average Bonchev–Trinajstić information content (AvgIpc) is 2.50. The van der Waals surface area contributed by atoms with Gasteiger partial charge in [-0.3, -0.25) is 0 Å². The minimum absolute atomic E-state index is 0.268. The molecule has 0 amide bonds. The molecule has 0 radical (unpaired) electrons. The number of anilines is 3. The third-order valence-electron chi connectivity index (χ3n) is 2.88. The Kier molecular flexibility index (Phi) is 4.31. The summed E-state index contributed by atoms with van der Waals surface area (Å²) in [4.78, 5) is 11.6. The second kappa shape index (κ2) is 6.16. The molecule has 21 heavy (non-hydrogen) atoms. The molecule has 2 rings (SSSR count). The van der Waals surface area contributed by atoms with E-state index < -0.39 is 5.97 Å². The van der Waals surface area contributed by atoms with Gasteiger partial charge in [-0.25, -0.2) is 4.79 Å². The number of methoxy groups -OCH3 is 1. The SMILES string of the molecule is COC(=O)c1cccc(Nc2ccc(C#N)cc2Cl)c1N. The van der Waals surface area contributed by atoms with Gasteiger partial charge in [-0.2, -0.15) is 5.26 Å². The molecule has 0 atom stereocenters. The molecule has 0 aromatic heterocycles. The number of nitrogen functional groups attached to an aromatic ring is 1. The van der Waals surface area contributed by atoms with Gasteiger partial charge in [0.2, 0.25) is 0 Å². The predicted octanol–water partition coefficient (Wildman–Crippen LogP) is 3.32. The normalized spacial score (nSPS) is 9.76. The van der Waals surface area contributed by atoms with E-state index in [2.05, 4.69) is 10.1 Å².